The average Bonchev–Trinajstić information content (AvgIpc) is 2.28. The van der Waals surface area contributed by atoms with Crippen LogP contribution in [0.25, 0.3) is 0 Å². The molecule has 1 unspecified atom stereocenters. The normalized spacial score (nSPS) is 20.4. The molecule has 2 N–H and O–H groups in total. The molecule has 1 saturated heterocycles. The van der Waals surface area contributed by atoms with E-state index in [1.165, 1.54) is 50.4 Å². The monoisotopic (exact) mass is 230 g/mol. The van der Waals surface area contributed by atoms with Crippen LogP contribution in [0.15, 0.2) is 0 Å². The van der Waals surface area contributed by atoms with E-state index in [1.807, 2.05) is 11.8 Å². The highest BCUT2D eigenvalue weighted by Gasteiger charge is 2.13. The lowest BCUT2D eigenvalue weighted by atomic mass is 9.98. The molecule has 0 aromatic carbocycles. The van der Waals surface area contributed by atoms with Gasteiger partial charge in [-0.2, -0.15) is 11.8 Å². The molecule has 1 rings (SSSR count). The minimum atomic E-state index is 0.693. The van der Waals surface area contributed by atoms with Gasteiger partial charge in [-0.1, -0.05) is 6.92 Å². The molecule has 0 saturated carbocycles. The highest BCUT2D eigenvalue weighted by Crippen LogP contribution is 2.11. The third kappa shape index (κ3) is 6.44. The van der Waals surface area contributed by atoms with E-state index in [0.29, 0.717) is 6.04 Å². The molecule has 15 heavy (non-hydrogen) atoms. The van der Waals surface area contributed by atoms with Gasteiger partial charge in [0.05, 0.1) is 0 Å². The molecule has 1 fully saturated rings. The van der Waals surface area contributed by atoms with Gasteiger partial charge in [0, 0.05) is 6.04 Å². The summed E-state index contributed by atoms with van der Waals surface area (Å²) in [6.45, 7) is 8.20. The van der Waals surface area contributed by atoms with Crippen molar-refractivity contribution in [2.75, 3.05) is 31.1 Å². The van der Waals surface area contributed by atoms with Gasteiger partial charge < -0.3 is 10.6 Å². The van der Waals surface area contributed by atoms with Gasteiger partial charge in [0.1, 0.15) is 0 Å². The fourth-order valence-corrected chi connectivity index (χ4v) is 2.77. The largest absolute Gasteiger partial charge is 0.317 e. The van der Waals surface area contributed by atoms with Crippen LogP contribution in [0.4, 0.5) is 0 Å². The van der Waals surface area contributed by atoms with E-state index in [-0.39, 0.29) is 0 Å². The predicted molar refractivity (Wildman–Crippen MR) is 70.7 cm³/mol. The Morgan fingerprint density at radius 3 is 2.80 bits per heavy atom. The van der Waals surface area contributed by atoms with Crippen LogP contribution in [0.1, 0.15) is 33.1 Å². The average molecular weight is 230 g/mol. The van der Waals surface area contributed by atoms with Crippen LogP contribution in [0.5, 0.6) is 0 Å². The van der Waals surface area contributed by atoms with Crippen LogP contribution in [0, 0.1) is 5.92 Å². The molecule has 0 radical (unpaired) electrons. The first-order valence-corrected chi connectivity index (χ1v) is 7.50. The smallest absolute Gasteiger partial charge is 0.00466 e. The Morgan fingerprint density at radius 2 is 2.13 bits per heavy atom. The minimum absolute atomic E-state index is 0.693. The third-order valence-electron chi connectivity index (χ3n) is 3.11. The topological polar surface area (TPSA) is 24.1 Å². The fraction of sp³-hybridized carbons (Fsp3) is 1.00. The molecular formula is C12H26N2S. The molecule has 0 aliphatic carbocycles. The number of hydrogen-bond donors (Lipinski definition) is 2. The summed E-state index contributed by atoms with van der Waals surface area (Å²) in [5, 5.41) is 7.08. The summed E-state index contributed by atoms with van der Waals surface area (Å²) in [5.74, 6) is 3.46. The minimum Gasteiger partial charge on any atom is -0.317 e. The molecule has 0 spiro atoms. The first kappa shape index (κ1) is 13.3. The van der Waals surface area contributed by atoms with E-state index in [0.717, 1.165) is 5.92 Å². The zero-order valence-corrected chi connectivity index (χ0v) is 11.0. The van der Waals surface area contributed by atoms with Crippen molar-refractivity contribution in [1.29, 1.82) is 0 Å². The lowest BCUT2D eigenvalue weighted by molar-refractivity contribution is 0.342. The standard InChI is InChI=1S/C12H26N2S/c1-3-15-9-6-11(2)14-10-12-4-7-13-8-5-12/h11-14H,3-10H2,1-2H3. The maximum atomic E-state index is 3.67. The van der Waals surface area contributed by atoms with Gasteiger partial charge in [0.2, 0.25) is 0 Å². The number of rotatable bonds is 7. The van der Waals surface area contributed by atoms with Crippen LogP contribution in [0.2, 0.25) is 0 Å². The first-order valence-electron chi connectivity index (χ1n) is 6.34. The Hall–Kier alpha value is 0.270. The molecule has 2 nitrogen and oxygen atoms in total. The Balaban J connectivity index is 1.97. The Bertz CT molecular complexity index is 147. The summed E-state index contributed by atoms with van der Waals surface area (Å²) in [5.41, 5.74) is 0. The van der Waals surface area contributed by atoms with Crippen LogP contribution >= 0.6 is 11.8 Å². The number of nitrogens with one attached hydrogen (secondary N) is 2. The SMILES string of the molecule is CCSCCC(C)NCC1CCNCC1. The van der Waals surface area contributed by atoms with Gasteiger partial charge in [-0.3, -0.25) is 0 Å². The summed E-state index contributed by atoms with van der Waals surface area (Å²) in [4.78, 5) is 0. The summed E-state index contributed by atoms with van der Waals surface area (Å²) in [7, 11) is 0. The van der Waals surface area contributed by atoms with Gasteiger partial charge in [-0.15, -0.1) is 0 Å². The van der Waals surface area contributed by atoms with Crippen molar-refractivity contribution < 1.29 is 0 Å². The van der Waals surface area contributed by atoms with Crippen molar-refractivity contribution >= 4 is 11.8 Å². The number of hydrogen-bond acceptors (Lipinski definition) is 3. The van der Waals surface area contributed by atoms with Gasteiger partial charge in [0.25, 0.3) is 0 Å². The van der Waals surface area contributed by atoms with Gasteiger partial charge >= 0.3 is 0 Å². The zero-order chi connectivity index (χ0) is 10.9. The lowest BCUT2D eigenvalue weighted by Crippen LogP contribution is -2.37. The van der Waals surface area contributed by atoms with Crippen molar-refractivity contribution in [3.8, 4) is 0 Å². The molecule has 1 aliphatic heterocycles. The molecule has 0 aromatic rings. The summed E-state index contributed by atoms with van der Waals surface area (Å²) >= 11 is 2.05. The molecule has 1 heterocycles. The van der Waals surface area contributed by atoms with E-state index >= 15 is 0 Å². The highest BCUT2D eigenvalue weighted by atomic mass is 32.2. The van der Waals surface area contributed by atoms with Crippen molar-refractivity contribution in [3.63, 3.8) is 0 Å². The van der Waals surface area contributed by atoms with Gasteiger partial charge in [-0.25, -0.2) is 0 Å². The summed E-state index contributed by atoms with van der Waals surface area (Å²) < 4.78 is 0. The van der Waals surface area contributed by atoms with E-state index in [2.05, 4.69) is 24.5 Å². The van der Waals surface area contributed by atoms with E-state index in [1.54, 1.807) is 0 Å². The van der Waals surface area contributed by atoms with Crippen LogP contribution < -0.4 is 10.6 Å². The number of piperidine rings is 1. The van der Waals surface area contributed by atoms with Crippen molar-refractivity contribution in [2.45, 2.75) is 39.2 Å². The van der Waals surface area contributed by atoms with Gasteiger partial charge in [-0.05, 0) is 63.2 Å². The highest BCUT2D eigenvalue weighted by molar-refractivity contribution is 7.99. The zero-order valence-electron chi connectivity index (χ0n) is 10.2. The van der Waals surface area contributed by atoms with Crippen LogP contribution in [0.3, 0.4) is 0 Å². The third-order valence-corrected chi connectivity index (χ3v) is 4.05. The second-order valence-electron chi connectivity index (χ2n) is 4.49. The summed E-state index contributed by atoms with van der Waals surface area (Å²) in [6.07, 6.45) is 4.01. The van der Waals surface area contributed by atoms with Gasteiger partial charge in [0.15, 0.2) is 0 Å². The second-order valence-corrected chi connectivity index (χ2v) is 5.88. The maximum Gasteiger partial charge on any atom is 0.00466 e. The molecule has 1 aliphatic rings. The van der Waals surface area contributed by atoms with Crippen molar-refractivity contribution in [3.05, 3.63) is 0 Å². The fourth-order valence-electron chi connectivity index (χ4n) is 1.96. The molecule has 0 amide bonds. The van der Waals surface area contributed by atoms with Crippen LogP contribution in [-0.2, 0) is 0 Å². The quantitative estimate of drug-likeness (QED) is 0.655. The molecule has 3 heteroatoms. The molecule has 1 atom stereocenters. The Labute approximate surface area is 99.0 Å². The van der Waals surface area contributed by atoms with E-state index in [4.69, 9.17) is 0 Å². The lowest BCUT2D eigenvalue weighted by Gasteiger charge is -2.24. The van der Waals surface area contributed by atoms with Crippen molar-refractivity contribution in [2.24, 2.45) is 5.92 Å². The van der Waals surface area contributed by atoms with Crippen molar-refractivity contribution in [1.82, 2.24) is 10.6 Å². The Kier molecular flexibility index (Phi) is 7.49. The molecule has 90 valence electrons. The predicted octanol–water partition coefficient (Wildman–Crippen LogP) is 2.11. The molecule has 0 aromatic heterocycles. The first-order chi connectivity index (χ1) is 7.33. The van der Waals surface area contributed by atoms with E-state index < -0.39 is 0 Å². The second kappa shape index (κ2) is 8.43. The number of thioether (sulfide) groups is 1. The molecule has 0 bridgehead atoms. The maximum absolute atomic E-state index is 3.67. The van der Waals surface area contributed by atoms with E-state index in [9.17, 15) is 0 Å². The van der Waals surface area contributed by atoms with Crippen LogP contribution in [-0.4, -0.2) is 37.2 Å². The summed E-state index contributed by atoms with van der Waals surface area (Å²) in [6, 6.07) is 0.693. The molecular weight excluding hydrogens is 204 g/mol. The Morgan fingerprint density at radius 1 is 1.40 bits per heavy atom.